The number of hydrogen-bond acceptors (Lipinski definition) is 4. The maximum absolute atomic E-state index is 6.14. The highest BCUT2D eigenvalue weighted by Gasteiger charge is 2.42. The van der Waals surface area contributed by atoms with Crippen molar-refractivity contribution in [3.63, 3.8) is 0 Å². The zero-order valence-corrected chi connectivity index (χ0v) is 12.9. The molecule has 1 saturated carbocycles. The maximum Gasteiger partial charge on any atom is 0.107 e. The van der Waals surface area contributed by atoms with E-state index in [1.807, 2.05) is 6.20 Å². The van der Waals surface area contributed by atoms with Gasteiger partial charge in [-0.3, -0.25) is 4.90 Å². The molecule has 2 aromatic heterocycles. The summed E-state index contributed by atoms with van der Waals surface area (Å²) in [6.45, 7) is 3.96. The zero-order valence-electron chi connectivity index (χ0n) is 12.1. The van der Waals surface area contributed by atoms with Gasteiger partial charge in [-0.05, 0) is 25.0 Å². The molecular formula is C16H21N3OS. The van der Waals surface area contributed by atoms with Crippen molar-refractivity contribution in [2.45, 2.75) is 38.1 Å². The largest absolute Gasteiger partial charge is 0.375 e. The van der Waals surface area contributed by atoms with E-state index in [0.29, 0.717) is 18.1 Å². The molecule has 0 bridgehead atoms. The highest BCUT2D eigenvalue weighted by molar-refractivity contribution is 7.09. The maximum atomic E-state index is 6.14. The van der Waals surface area contributed by atoms with E-state index in [2.05, 4.69) is 44.4 Å². The van der Waals surface area contributed by atoms with E-state index < -0.39 is 0 Å². The molecule has 0 aromatic carbocycles. The van der Waals surface area contributed by atoms with Crippen LogP contribution in [0.1, 0.15) is 17.8 Å². The Kier molecular flexibility index (Phi) is 3.80. The van der Waals surface area contributed by atoms with Gasteiger partial charge < -0.3 is 9.30 Å². The standard InChI is InChI=1S/C16H21N3OS/c1-2-7-18(6-1)11-13-3-4-14-16(13)20-9-8-19(14)12-15-17-5-10-21-15/h1-2,5-7,10,13-14,16H,3-4,8-9,11-12H2/t13-,14+,16-/m0/s1. The quantitative estimate of drug-likeness (QED) is 0.870. The summed E-state index contributed by atoms with van der Waals surface area (Å²) in [5.41, 5.74) is 0. The van der Waals surface area contributed by atoms with Gasteiger partial charge in [0.25, 0.3) is 0 Å². The van der Waals surface area contributed by atoms with Gasteiger partial charge in [-0.2, -0.15) is 0 Å². The molecule has 3 atom stereocenters. The molecule has 3 heterocycles. The minimum absolute atomic E-state index is 0.390. The van der Waals surface area contributed by atoms with Crippen LogP contribution in [-0.4, -0.2) is 39.7 Å². The lowest BCUT2D eigenvalue weighted by molar-refractivity contribution is -0.0785. The third-order valence-electron chi connectivity index (χ3n) is 4.77. The van der Waals surface area contributed by atoms with E-state index in [-0.39, 0.29) is 0 Å². The molecule has 1 aliphatic heterocycles. The van der Waals surface area contributed by atoms with Gasteiger partial charge >= 0.3 is 0 Å². The molecule has 2 aromatic rings. The molecule has 0 spiro atoms. The van der Waals surface area contributed by atoms with Gasteiger partial charge in [-0.1, -0.05) is 0 Å². The van der Waals surface area contributed by atoms with Gasteiger partial charge in [0.2, 0.25) is 0 Å². The molecule has 112 valence electrons. The van der Waals surface area contributed by atoms with Crippen LogP contribution >= 0.6 is 11.3 Å². The monoisotopic (exact) mass is 303 g/mol. The van der Waals surface area contributed by atoms with Gasteiger partial charge in [0, 0.05) is 49.0 Å². The summed E-state index contributed by atoms with van der Waals surface area (Å²) in [6.07, 6.45) is 9.12. The Balaban J connectivity index is 1.44. The SMILES string of the molecule is c1ccn(C[C@@H]2CC[C@@H]3[C@H]2OCCN3Cc2nccs2)c1. The van der Waals surface area contributed by atoms with E-state index in [0.717, 1.165) is 26.2 Å². The molecular weight excluding hydrogens is 282 g/mol. The van der Waals surface area contributed by atoms with Crippen LogP contribution in [0.4, 0.5) is 0 Å². The van der Waals surface area contributed by atoms with Crippen LogP contribution in [0.25, 0.3) is 0 Å². The van der Waals surface area contributed by atoms with Gasteiger partial charge in [0.1, 0.15) is 5.01 Å². The van der Waals surface area contributed by atoms with Crippen molar-refractivity contribution < 1.29 is 4.74 Å². The van der Waals surface area contributed by atoms with Crippen molar-refractivity contribution >= 4 is 11.3 Å². The third kappa shape index (κ3) is 2.78. The van der Waals surface area contributed by atoms with E-state index in [1.54, 1.807) is 11.3 Å². The van der Waals surface area contributed by atoms with Crippen molar-refractivity contribution in [1.29, 1.82) is 0 Å². The van der Waals surface area contributed by atoms with Crippen LogP contribution in [0.3, 0.4) is 0 Å². The predicted octanol–water partition coefficient (Wildman–Crippen LogP) is 2.62. The number of morpholine rings is 1. The van der Waals surface area contributed by atoms with Crippen LogP contribution in [0.15, 0.2) is 36.1 Å². The van der Waals surface area contributed by atoms with Gasteiger partial charge in [0.05, 0.1) is 19.3 Å². The Morgan fingerprint density at radius 2 is 2.19 bits per heavy atom. The third-order valence-corrected chi connectivity index (χ3v) is 5.53. The number of aromatic nitrogens is 2. The minimum atomic E-state index is 0.390. The second kappa shape index (κ2) is 5.91. The summed E-state index contributed by atoms with van der Waals surface area (Å²) in [4.78, 5) is 7.02. The number of rotatable bonds is 4. The molecule has 4 rings (SSSR count). The smallest absolute Gasteiger partial charge is 0.107 e. The molecule has 0 amide bonds. The molecule has 2 fully saturated rings. The van der Waals surface area contributed by atoms with Crippen molar-refractivity contribution in [2.24, 2.45) is 5.92 Å². The van der Waals surface area contributed by atoms with Crippen LogP contribution in [0.5, 0.6) is 0 Å². The topological polar surface area (TPSA) is 30.3 Å². The average molecular weight is 303 g/mol. The van der Waals surface area contributed by atoms with Gasteiger partial charge in [-0.25, -0.2) is 4.98 Å². The Morgan fingerprint density at radius 1 is 1.29 bits per heavy atom. The molecule has 21 heavy (non-hydrogen) atoms. The van der Waals surface area contributed by atoms with Crippen LogP contribution < -0.4 is 0 Å². The average Bonchev–Trinajstić information content (AvgIpc) is 3.22. The lowest BCUT2D eigenvalue weighted by Crippen LogP contribution is -2.50. The molecule has 1 saturated heterocycles. The first-order chi connectivity index (χ1) is 10.4. The summed E-state index contributed by atoms with van der Waals surface area (Å²) >= 11 is 1.76. The second-order valence-electron chi connectivity index (χ2n) is 6.02. The Hall–Kier alpha value is -1.17. The Labute approximate surface area is 129 Å². The number of thiazole rings is 1. The molecule has 2 aliphatic rings. The highest BCUT2D eigenvalue weighted by atomic mass is 32.1. The number of nitrogens with zero attached hydrogens (tertiary/aromatic N) is 3. The lowest BCUT2D eigenvalue weighted by atomic mass is 10.0. The molecule has 1 aliphatic carbocycles. The predicted molar refractivity (Wildman–Crippen MR) is 83.2 cm³/mol. The summed E-state index contributed by atoms with van der Waals surface area (Å²) in [5, 5.41) is 3.29. The second-order valence-corrected chi connectivity index (χ2v) is 7.00. The lowest BCUT2D eigenvalue weighted by Gasteiger charge is -2.39. The fourth-order valence-electron chi connectivity index (χ4n) is 3.80. The van der Waals surface area contributed by atoms with Gasteiger partial charge in [-0.15, -0.1) is 11.3 Å². The number of fused-ring (bicyclic) bond motifs is 1. The van der Waals surface area contributed by atoms with Crippen LogP contribution in [0.2, 0.25) is 0 Å². The van der Waals surface area contributed by atoms with Crippen molar-refractivity contribution in [3.05, 3.63) is 41.1 Å². The molecule has 0 unspecified atom stereocenters. The summed E-state index contributed by atoms with van der Waals surface area (Å²) in [5.74, 6) is 0.640. The molecule has 0 N–H and O–H groups in total. The first-order valence-electron chi connectivity index (χ1n) is 7.75. The van der Waals surface area contributed by atoms with E-state index in [4.69, 9.17) is 4.74 Å². The first kappa shape index (κ1) is 13.5. The fraction of sp³-hybridized carbons (Fsp3) is 0.562. The van der Waals surface area contributed by atoms with Gasteiger partial charge in [0.15, 0.2) is 0 Å². The van der Waals surface area contributed by atoms with E-state index in [1.165, 1.54) is 17.8 Å². The van der Waals surface area contributed by atoms with Crippen molar-refractivity contribution in [2.75, 3.05) is 13.2 Å². The van der Waals surface area contributed by atoms with E-state index in [9.17, 15) is 0 Å². The number of ether oxygens (including phenoxy) is 1. The fourth-order valence-corrected chi connectivity index (χ4v) is 4.44. The molecule has 0 radical (unpaired) electrons. The minimum Gasteiger partial charge on any atom is -0.375 e. The highest BCUT2D eigenvalue weighted by Crippen LogP contribution is 2.36. The summed E-state index contributed by atoms with van der Waals surface area (Å²) in [7, 11) is 0. The first-order valence-corrected chi connectivity index (χ1v) is 8.63. The Morgan fingerprint density at radius 3 is 3.00 bits per heavy atom. The Bertz CT molecular complexity index is 554. The van der Waals surface area contributed by atoms with Crippen LogP contribution in [0, 0.1) is 5.92 Å². The van der Waals surface area contributed by atoms with Crippen molar-refractivity contribution in [1.82, 2.24) is 14.5 Å². The molecule has 4 nitrogen and oxygen atoms in total. The summed E-state index contributed by atoms with van der Waals surface area (Å²) < 4.78 is 8.43. The van der Waals surface area contributed by atoms with Crippen LogP contribution in [-0.2, 0) is 17.8 Å². The summed E-state index contributed by atoms with van der Waals surface area (Å²) in [6, 6.07) is 4.77. The zero-order chi connectivity index (χ0) is 14.1. The van der Waals surface area contributed by atoms with E-state index >= 15 is 0 Å². The normalized spacial score (nSPS) is 29.6. The number of hydrogen-bond donors (Lipinski definition) is 0. The molecule has 5 heteroatoms. The van der Waals surface area contributed by atoms with Crippen molar-refractivity contribution in [3.8, 4) is 0 Å².